The Morgan fingerprint density at radius 1 is 0.488 bits per heavy atom. The molecule has 0 unspecified atom stereocenters. The summed E-state index contributed by atoms with van der Waals surface area (Å²) in [4.78, 5) is 35.9. The Morgan fingerprint density at radius 3 is 1.21 bits per heavy atom. The molecule has 0 bridgehead atoms. The highest BCUT2D eigenvalue weighted by atomic mass is 16.1. The topological polar surface area (TPSA) is 47.1 Å². The van der Waals surface area contributed by atoms with Crippen LogP contribution in [-0.4, -0.2) is 60.9 Å². The van der Waals surface area contributed by atoms with E-state index in [1.807, 2.05) is 109 Å². The lowest BCUT2D eigenvalue weighted by Crippen LogP contribution is -2.45. The minimum atomic E-state index is 0.0648. The monoisotopic (exact) mass is 568 g/mol. The first-order valence-electron chi connectivity index (χ1n) is 14.8. The van der Waals surface area contributed by atoms with Crippen LogP contribution in [0.2, 0.25) is 0 Å². The summed E-state index contributed by atoms with van der Waals surface area (Å²) in [7, 11) is 0. The van der Waals surface area contributed by atoms with Crippen LogP contribution in [0.4, 0.5) is 11.4 Å². The molecule has 4 aromatic carbocycles. The zero-order chi connectivity index (χ0) is 29.4. The molecular formula is C37H36N4O2. The maximum absolute atomic E-state index is 13.5. The number of rotatable bonds is 10. The molecule has 4 aromatic rings. The van der Waals surface area contributed by atoms with E-state index in [2.05, 4.69) is 43.9 Å². The lowest BCUT2D eigenvalue weighted by atomic mass is 10.0. The lowest BCUT2D eigenvalue weighted by Gasteiger charge is -2.37. The van der Waals surface area contributed by atoms with E-state index >= 15 is 0 Å². The molecular weight excluding hydrogens is 532 g/mol. The average molecular weight is 569 g/mol. The van der Waals surface area contributed by atoms with Crippen molar-refractivity contribution in [2.75, 3.05) is 49.3 Å². The number of carbonyl (C=O) groups is 2. The molecule has 2 aliphatic rings. The van der Waals surface area contributed by atoms with Gasteiger partial charge in [0.25, 0.3) is 0 Å². The third-order valence-corrected chi connectivity index (χ3v) is 7.90. The van der Waals surface area contributed by atoms with Crippen molar-refractivity contribution in [1.82, 2.24) is 9.80 Å². The number of hydrogen-bond acceptors (Lipinski definition) is 6. The van der Waals surface area contributed by atoms with E-state index in [0.717, 1.165) is 42.0 Å². The van der Waals surface area contributed by atoms with Crippen molar-refractivity contribution in [3.05, 3.63) is 156 Å². The number of hydrogen-bond donors (Lipinski definition) is 0. The molecule has 0 fully saturated rings. The van der Waals surface area contributed by atoms with Gasteiger partial charge in [0.15, 0.2) is 11.6 Å². The molecule has 0 saturated heterocycles. The summed E-state index contributed by atoms with van der Waals surface area (Å²) in [5.74, 6) is 0.130. The Hall–Kier alpha value is -4.78. The summed E-state index contributed by atoms with van der Waals surface area (Å²) in [5, 5.41) is 0. The third-order valence-electron chi connectivity index (χ3n) is 7.90. The van der Waals surface area contributed by atoms with Crippen molar-refractivity contribution in [3.63, 3.8) is 0 Å². The first-order chi connectivity index (χ1) is 21.1. The van der Waals surface area contributed by atoms with E-state index in [0.29, 0.717) is 37.6 Å². The van der Waals surface area contributed by atoms with Crippen molar-refractivity contribution in [3.8, 4) is 0 Å². The highest BCUT2D eigenvalue weighted by molar-refractivity contribution is 6.10. The first kappa shape index (κ1) is 28.3. The van der Waals surface area contributed by atoms with Gasteiger partial charge >= 0.3 is 0 Å². The van der Waals surface area contributed by atoms with Crippen molar-refractivity contribution in [2.24, 2.45) is 0 Å². The second kappa shape index (κ2) is 13.5. The van der Waals surface area contributed by atoms with E-state index in [9.17, 15) is 9.59 Å². The smallest absolute Gasteiger partial charge is 0.191 e. The maximum atomic E-state index is 13.5. The predicted molar refractivity (Wildman–Crippen MR) is 173 cm³/mol. The zero-order valence-corrected chi connectivity index (χ0v) is 24.3. The number of anilines is 2. The second-order valence-corrected chi connectivity index (χ2v) is 11.1. The van der Waals surface area contributed by atoms with E-state index in [1.165, 1.54) is 0 Å². The van der Waals surface area contributed by atoms with Gasteiger partial charge in [-0.1, -0.05) is 97.1 Å². The highest BCUT2D eigenvalue weighted by Gasteiger charge is 2.26. The summed E-state index contributed by atoms with van der Waals surface area (Å²) in [6.45, 7) is 4.29. The van der Waals surface area contributed by atoms with Gasteiger partial charge in [0, 0.05) is 72.2 Å². The number of ketones is 2. The van der Waals surface area contributed by atoms with Gasteiger partial charge in [0.1, 0.15) is 0 Å². The minimum absolute atomic E-state index is 0.0648. The summed E-state index contributed by atoms with van der Waals surface area (Å²) < 4.78 is 0. The summed E-state index contributed by atoms with van der Waals surface area (Å²) in [6.07, 6.45) is 4.93. The fourth-order valence-electron chi connectivity index (χ4n) is 5.73. The molecule has 2 heterocycles. The Bertz CT molecular complexity index is 1470. The van der Waals surface area contributed by atoms with Crippen molar-refractivity contribution in [1.29, 1.82) is 0 Å². The van der Waals surface area contributed by atoms with Gasteiger partial charge in [0.2, 0.25) is 0 Å². The van der Waals surface area contributed by atoms with E-state index in [-0.39, 0.29) is 11.6 Å². The van der Waals surface area contributed by atoms with Gasteiger partial charge in [-0.25, -0.2) is 0 Å². The standard InChI is InChI=1S/C37H36N4O2/c42-36(30-14-5-1-6-15-30)32-24-38(28-40(26-32)34-18-9-3-10-19-34)22-13-23-39-25-33(37(43)31-16-7-2-8-17-31)27-41(29-39)35-20-11-4-12-21-35/h1-12,14-21,26-27H,13,22-25,28-29H2. The fraction of sp³-hybridized carbons (Fsp3) is 0.189. The molecule has 6 rings (SSSR count). The van der Waals surface area contributed by atoms with Crippen LogP contribution in [0, 0.1) is 0 Å². The van der Waals surface area contributed by atoms with E-state index < -0.39 is 0 Å². The van der Waals surface area contributed by atoms with Gasteiger partial charge in [0.05, 0.1) is 13.3 Å². The maximum Gasteiger partial charge on any atom is 0.191 e. The van der Waals surface area contributed by atoms with Crippen LogP contribution < -0.4 is 9.80 Å². The number of nitrogens with zero attached hydrogens (tertiary/aromatic N) is 4. The first-order valence-corrected chi connectivity index (χ1v) is 14.8. The molecule has 2 aliphatic heterocycles. The number of benzene rings is 4. The van der Waals surface area contributed by atoms with Crippen LogP contribution in [0.5, 0.6) is 0 Å². The zero-order valence-electron chi connectivity index (χ0n) is 24.3. The van der Waals surface area contributed by atoms with E-state index in [1.54, 1.807) is 0 Å². The average Bonchev–Trinajstić information content (AvgIpc) is 3.09. The van der Waals surface area contributed by atoms with Crippen LogP contribution in [0.1, 0.15) is 27.1 Å². The summed E-state index contributed by atoms with van der Waals surface area (Å²) >= 11 is 0. The van der Waals surface area contributed by atoms with E-state index in [4.69, 9.17) is 0 Å². The quantitative estimate of drug-likeness (QED) is 0.205. The molecule has 6 nitrogen and oxygen atoms in total. The van der Waals surface area contributed by atoms with Gasteiger partial charge in [-0.3, -0.25) is 19.4 Å². The molecule has 0 radical (unpaired) electrons. The summed E-state index contributed by atoms with van der Waals surface area (Å²) in [6, 6.07) is 39.4. The number of carbonyl (C=O) groups excluding carboxylic acids is 2. The Morgan fingerprint density at radius 2 is 0.837 bits per heavy atom. The molecule has 0 aromatic heterocycles. The molecule has 6 heteroatoms. The van der Waals surface area contributed by atoms with Crippen LogP contribution >= 0.6 is 0 Å². The Kier molecular flexibility index (Phi) is 8.88. The highest BCUT2D eigenvalue weighted by Crippen LogP contribution is 2.24. The minimum Gasteiger partial charge on any atom is -0.334 e. The molecule has 0 aliphatic carbocycles. The second-order valence-electron chi connectivity index (χ2n) is 11.1. The molecule has 0 N–H and O–H groups in total. The largest absolute Gasteiger partial charge is 0.334 e. The Labute approximate surface area is 253 Å². The lowest BCUT2D eigenvalue weighted by molar-refractivity contribution is 0.101. The normalized spacial score (nSPS) is 16.0. The molecule has 0 spiro atoms. The van der Waals surface area contributed by atoms with Gasteiger partial charge in [-0.15, -0.1) is 0 Å². The third kappa shape index (κ3) is 7.00. The van der Waals surface area contributed by atoms with Crippen molar-refractivity contribution >= 4 is 22.9 Å². The Balaban J connectivity index is 1.15. The van der Waals surface area contributed by atoms with Gasteiger partial charge < -0.3 is 9.80 Å². The molecule has 0 amide bonds. The van der Waals surface area contributed by atoms with Gasteiger partial charge in [-0.2, -0.15) is 0 Å². The number of para-hydroxylation sites is 2. The van der Waals surface area contributed by atoms with Crippen LogP contribution in [0.25, 0.3) is 0 Å². The number of Topliss-reactive ketones (excluding diaryl/α,β-unsaturated/α-hetero) is 2. The SMILES string of the molecule is O=C(C1=CN(c2ccccc2)CN(CCCN2CC(C(=O)c3ccccc3)=CN(c3ccccc3)C2)C1)c1ccccc1. The van der Waals surface area contributed by atoms with Gasteiger partial charge in [-0.05, 0) is 30.7 Å². The molecule has 0 atom stereocenters. The molecule has 0 saturated carbocycles. The fourth-order valence-corrected chi connectivity index (χ4v) is 5.73. The summed E-state index contributed by atoms with van der Waals surface area (Å²) in [5.41, 5.74) is 5.12. The van der Waals surface area contributed by atoms with Crippen LogP contribution in [0.3, 0.4) is 0 Å². The van der Waals surface area contributed by atoms with Crippen LogP contribution in [-0.2, 0) is 0 Å². The molecule has 216 valence electrons. The predicted octanol–water partition coefficient (Wildman–Crippen LogP) is 6.47. The van der Waals surface area contributed by atoms with Crippen molar-refractivity contribution in [2.45, 2.75) is 6.42 Å². The van der Waals surface area contributed by atoms with Crippen molar-refractivity contribution < 1.29 is 9.59 Å². The van der Waals surface area contributed by atoms with Crippen LogP contribution in [0.15, 0.2) is 145 Å². The molecule has 43 heavy (non-hydrogen) atoms.